The number of rotatable bonds is 5. The average Bonchev–Trinajstić information content (AvgIpc) is 3.24. The minimum absolute atomic E-state index is 0.0421. The molecule has 0 radical (unpaired) electrons. The number of aromatic hydroxyl groups is 1. The second kappa shape index (κ2) is 7.71. The zero-order valence-electron chi connectivity index (χ0n) is 16.5. The Morgan fingerprint density at radius 2 is 1.71 bits per heavy atom. The Labute approximate surface area is 174 Å². The Bertz CT molecular complexity index is 1370. The predicted molar refractivity (Wildman–Crippen MR) is 110 cm³/mol. The highest BCUT2D eigenvalue weighted by Crippen LogP contribution is 2.41. The molecule has 2 aromatic heterocycles. The van der Waals surface area contributed by atoms with Crippen molar-refractivity contribution in [3.8, 4) is 22.9 Å². The van der Waals surface area contributed by atoms with E-state index in [1.807, 2.05) is 6.07 Å². The molecule has 4 aromatic rings. The lowest BCUT2D eigenvalue weighted by Crippen LogP contribution is -2.19. The summed E-state index contributed by atoms with van der Waals surface area (Å²) >= 11 is 0. The van der Waals surface area contributed by atoms with Crippen LogP contribution in [0.25, 0.3) is 16.9 Å². The molecule has 0 spiro atoms. The van der Waals surface area contributed by atoms with E-state index in [0.717, 1.165) is 0 Å². The van der Waals surface area contributed by atoms with Crippen molar-refractivity contribution in [3.05, 3.63) is 80.8 Å². The number of hydrogen-bond donors (Lipinski definition) is 1. The number of nitro benzene ring substituents is 1. The molecule has 11 heteroatoms. The normalized spacial score (nSPS) is 11.3. The average molecular weight is 420 g/mol. The van der Waals surface area contributed by atoms with E-state index < -0.39 is 16.4 Å². The first kappa shape index (κ1) is 19.8. The minimum atomic E-state index is -0.672. The van der Waals surface area contributed by atoms with Crippen LogP contribution in [0, 0.1) is 17.0 Å². The maximum absolute atomic E-state index is 13.0. The molecule has 2 heterocycles. The molecule has 0 bridgehead atoms. The topological polar surface area (TPSA) is 141 Å². The van der Waals surface area contributed by atoms with Gasteiger partial charge in [-0.2, -0.15) is 0 Å². The molecule has 0 aliphatic heterocycles. The van der Waals surface area contributed by atoms with Crippen molar-refractivity contribution in [1.82, 2.24) is 14.5 Å². The van der Waals surface area contributed by atoms with Crippen LogP contribution in [0.3, 0.4) is 0 Å². The van der Waals surface area contributed by atoms with Gasteiger partial charge in [-0.05, 0) is 25.1 Å². The summed E-state index contributed by atoms with van der Waals surface area (Å²) in [4.78, 5) is 23.7. The lowest BCUT2D eigenvalue weighted by Gasteiger charge is -2.07. The Kier molecular flexibility index (Phi) is 4.91. The van der Waals surface area contributed by atoms with Gasteiger partial charge in [-0.15, -0.1) is 10.2 Å². The van der Waals surface area contributed by atoms with Gasteiger partial charge >= 0.3 is 5.95 Å². The van der Waals surface area contributed by atoms with Gasteiger partial charge in [-0.1, -0.05) is 35.5 Å². The monoisotopic (exact) mass is 420 g/mol. The first-order valence-electron chi connectivity index (χ1n) is 9.08. The maximum atomic E-state index is 13.0. The number of para-hydroxylation sites is 2. The van der Waals surface area contributed by atoms with Crippen molar-refractivity contribution in [3.63, 3.8) is 0 Å². The van der Waals surface area contributed by atoms with Crippen molar-refractivity contribution in [1.29, 1.82) is 0 Å². The van der Waals surface area contributed by atoms with Crippen molar-refractivity contribution in [2.24, 2.45) is 17.3 Å². The molecule has 2 aromatic carbocycles. The van der Waals surface area contributed by atoms with Crippen LogP contribution >= 0.6 is 0 Å². The SMILES string of the molecule is Cc1c(N=Nc2c(-c3ccccc3[N+](=O)[O-])noc2O)c(=O)n(-c2ccccc2)n1C. The summed E-state index contributed by atoms with van der Waals surface area (Å²) < 4.78 is 7.83. The molecule has 0 unspecified atom stereocenters. The molecule has 0 amide bonds. The highest BCUT2D eigenvalue weighted by Gasteiger charge is 2.25. The third-order valence-electron chi connectivity index (χ3n) is 4.78. The molecule has 4 rings (SSSR count). The van der Waals surface area contributed by atoms with Gasteiger partial charge in [0.1, 0.15) is 0 Å². The Morgan fingerprint density at radius 3 is 2.42 bits per heavy atom. The Balaban J connectivity index is 1.81. The molecule has 0 aliphatic carbocycles. The van der Waals surface area contributed by atoms with E-state index in [4.69, 9.17) is 4.52 Å². The lowest BCUT2D eigenvalue weighted by molar-refractivity contribution is -0.384. The first-order valence-corrected chi connectivity index (χ1v) is 9.08. The fraction of sp³-hybridized carbons (Fsp3) is 0.100. The zero-order chi connectivity index (χ0) is 22.1. The third kappa shape index (κ3) is 3.37. The van der Waals surface area contributed by atoms with Gasteiger partial charge in [0.05, 0.1) is 21.9 Å². The highest BCUT2D eigenvalue weighted by atomic mass is 16.6. The van der Waals surface area contributed by atoms with E-state index in [0.29, 0.717) is 11.4 Å². The Hall–Kier alpha value is -4.54. The first-order chi connectivity index (χ1) is 14.9. The molecule has 1 N–H and O–H groups in total. The van der Waals surface area contributed by atoms with Gasteiger partial charge in [0, 0.05) is 13.1 Å². The minimum Gasteiger partial charge on any atom is -0.478 e. The summed E-state index contributed by atoms with van der Waals surface area (Å²) in [7, 11) is 1.71. The van der Waals surface area contributed by atoms with Gasteiger partial charge in [0.2, 0.25) is 0 Å². The fourth-order valence-electron chi connectivity index (χ4n) is 3.15. The number of benzene rings is 2. The summed E-state index contributed by atoms with van der Waals surface area (Å²) in [6.07, 6.45) is 0. The standard InChI is InChI=1S/C20H16N6O5/c1-12-16(19(27)25(24(12)2)13-8-4-3-5-9-13)21-22-18-17(23-31-20(18)28)14-10-6-7-11-15(14)26(29)30/h3-11,28H,1-2H3. The second-order valence-electron chi connectivity index (χ2n) is 6.57. The van der Waals surface area contributed by atoms with Crippen molar-refractivity contribution in [2.75, 3.05) is 0 Å². The van der Waals surface area contributed by atoms with Gasteiger partial charge in [0.25, 0.3) is 11.2 Å². The van der Waals surface area contributed by atoms with E-state index in [-0.39, 0.29) is 28.3 Å². The van der Waals surface area contributed by atoms with Gasteiger partial charge in [-0.3, -0.25) is 19.6 Å². The van der Waals surface area contributed by atoms with Crippen LogP contribution in [0.15, 0.2) is 74.1 Å². The van der Waals surface area contributed by atoms with Crippen LogP contribution in [-0.2, 0) is 7.05 Å². The fourth-order valence-corrected chi connectivity index (χ4v) is 3.15. The van der Waals surface area contributed by atoms with Crippen LogP contribution in [0.2, 0.25) is 0 Å². The second-order valence-corrected chi connectivity index (χ2v) is 6.57. The van der Waals surface area contributed by atoms with Crippen LogP contribution in [0.5, 0.6) is 5.95 Å². The van der Waals surface area contributed by atoms with Crippen LogP contribution < -0.4 is 5.56 Å². The number of azo groups is 1. The number of aromatic nitrogens is 3. The van der Waals surface area contributed by atoms with Crippen molar-refractivity contribution in [2.45, 2.75) is 6.92 Å². The van der Waals surface area contributed by atoms with Crippen LogP contribution in [0.4, 0.5) is 17.1 Å². The third-order valence-corrected chi connectivity index (χ3v) is 4.78. The molecular weight excluding hydrogens is 404 g/mol. The van der Waals surface area contributed by atoms with E-state index in [2.05, 4.69) is 15.4 Å². The van der Waals surface area contributed by atoms with Gasteiger partial charge in [0.15, 0.2) is 17.1 Å². The van der Waals surface area contributed by atoms with E-state index in [9.17, 15) is 20.0 Å². The number of nitrogens with zero attached hydrogens (tertiary/aromatic N) is 6. The molecule has 0 fully saturated rings. The predicted octanol–water partition coefficient (Wildman–Crippen LogP) is 4.17. The molecule has 31 heavy (non-hydrogen) atoms. The van der Waals surface area contributed by atoms with Crippen molar-refractivity contribution >= 4 is 17.1 Å². The Morgan fingerprint density at radius 1 is 1.06 bits per heavy atom. The zero-order valence-corrected chi connectivity index (χ0v) is 16.5. The quantitative estimate of drug-likeness (QED) is 0.292. The summed E-state index contributed by atoms with van der Waals surface area (Å²) in [6, 6.07) is 14.8. The van der Waals surface area contributed by atoms with E-state index in [1.54, 1.807) is 49.0 Å². The molecular formula is C20H16N6O5. The molecule has 0 saturated heterocycles. The van der Waals surface area contributed by atoms with E-state index >= 15 is 0 Å². The van der Waals surface area contributed by atoms with Crippen LogP contribution in [-0.4, -0.2) is 24.6 Å². The van der Waals surface area contributed by atoms with Crippen LogP contribution in [0.1, 0.15) is 5.69 Å². The maximum Gasteiger partial charge on any atom is 0.337 e. The lowest BCUT2D eigenvalue weighted by atomic mass is 10.1. The summed E-state index contributed by atoms with van der Waals surface area (Å²) in [5.41, 5.74) is 0.368. The molecule has 0 saturated carbocycles. The van der Waals surface area contributed by atoms with E-state index in [1.165, 1.54) is 22.9 Å². The molecule has 0 aliphatic rings. The summed E-state index contributed by atoms with van der Waals surface area (Å²) in [5, 5.41) is 33.0. The molecule has 0 atom stereocenters. The van der Waals surface area contributed by atoms with Crippen molar-refractivity contribution < 1.29 is 14.6 Å². The van der Waals surface area contributed by atoms with Gasteiger partial charge in [-0.25, -0.2) is 4.68 Å². The largest absolute Gasteiger partial charge is 0.478 e. The summed E-state index contributed by atoms with van der Waals surface area (Å²) in [5.74, 6) is -0.672. The smallest absolute Gasteiger partial charge is 0.337 e. The summed E-state index contributed by atoms with van der Waals surface area (Å²) in [6.45, 7) is 1.70. The van der Waals surface area contributed by atoms with Gasteiger partial charge < -0.3 is 9.63 Å². The molecule has 156 valence electrons. The molecule has 11 nitrogen and oxygen atoms in total. The number of hydrogen-bond acceptors (Lipinski definition) is 8. The number of nitro groups is 1. The highest BCUT2D eigenvalue weighted by molar-refractivity contribution is 5.80.